The molecule has 0 heterocycles. The monoisotopic (exact) mass is 274 g/mol. The minimum absolute atomic E-state index is 0.188. The minimum Gasteiger partial charge on any atom is -0.383 e. The van der Waals surface area contributed by atoms with Gasteiger partial charge in [-0.3, -0.25) is 4.79 Å². The first kappa shape index (κ1) is 14.7. The molecule has 18 heavy (non-hydrogen) atoms. The summed E-state index contributed by atoms with van der Waals surface area (Å²) in [4.78, 5) is 11.6. The van der Waals surface area contributed by atoms with Crippen molar-refractivity contribution in [2.24, 2.45) is 0 Å². The molecule has 1 atom stereocenters. The number of amides is 1. The van der Waals surface area contributed by atoms with E-state index in [9.17, 15) is 9.18 Å². The largest absolute Gasteiger partial charge is 0.383 e. The van der Waals surface area contributed by atoms with Gasteiger partial charge in [-0.05, 0) is 25.1 Å². The van der Waals surface area contributed by atoms with E-state index in [0.717, 1.165) is 0 Å². The number of carbonyl (C=O) groups excluding carboxylic acids is 1. The molecule has 0 saturated carbocycles. The quantitative estimate of drug-likeness (QED) is 0.781. The fourth-order valence-electron chi connectivity index (χ4n) is 1.38. The van der Waals surface area contributed by atoms with Crippen LogP contribution < -0.4 is 10.6 Å². The number of methoxy groups -OCH3 is 1. The number of hydrogen-bond donors (Lipinski definition) is 2. The molecular formula is C12H16ClFN2O2. The first-order chi connectivity index (χ1) is 8.52. The molecule has 1 rings (SSSR count). The third-order valence-electron chi connectivity index (χ3n) is 2.24. The molecule has 1 amide bonds. The molecule has 4 nitrogen and oxygen atoms in total. The number of nitrogens with one attached hydrogen (secondary N) is 2. The summed E-state index contributed by atoms with van der Waals surface area (Å²) < 4.78 is 17.9. The van der Waals surface area contributed by atoms with Gasteiger partial charge < -0.3 is 15.4 Å². The molecule has 0 spiro atoms. The van der Waals surface area contributed by atoms with Crippen molar-refractivity contribution in [3.05, 3.63) is 29.0 Å². The van der Waals surface area contributed by atoms with Crippen LogP contribution in [0.15, 0.2) is 18.2 Å². The van der Waals surface area contributed by atoms with E-state index in [0.29, 0.717) is 18.8 Å². The third-order valence-corrected chi connectivity index (χ3v) is 2.46. The van der Waals surface area contributed by atoms with Gasteiger partial charge in [0.05, 0.1) is 6.61 Å². The van der Waals surface area contributed by atoms with Crippen LogP contribution in [0.3, 0.4) is 0 Å². The van der Waals surface area contributed by atoms with E-state index >= 15 is 0 Å². The topological polar surface area (TPSA) is 50.4 Å². The second-order valence-corrected chi connectivity index (χ2v) is 4.24. The van der Waals surface area contributed by atoms with E-state index in [4.69, 9.17) is 16.3 Å². The molecule has 0 aliphatic rings. The second kappa shape index (κ2) is 7.18. The van der Waals surface area contributed by atoms with Gasteiger partial charge in [-0.15, -0.1) is 0 Å². The lowest BCUT2D eigenvalue weighted by Crippen LogP contribution is -2.39. The summed E-state index contributed by atoms with van der Waals surface area (Å²) in [6, 6.07) is 3.56. The fourth-order valence-corrected chi connectivity index (χ4v) is 1.60. The SMILES string of the molecule is COCCNC(=O)C(C)Nc1cc(F)cc(Cl)c1. The first-order valence-corrected chi connectivity index (χ1v) is 5.90. The van der Waals surface area contributed by atoms with Crippen LogP contribution >= 0.6 is 11.6 Å². The molecule has 1 aromatic carbocycles. The Balaban J connectivity index is 2.52. The van der Waals surface area contributed by atoms with Gasteiger partial charge in [-0.25, -0.2) is 4.39 Å². The molecule has 1 aromatic rings. The van der Waals surface area contributed by atoms with Crippen LogP contribution in [-0.2, 0) is 9.53 Å². The van der Waals surface area contributed by atoms with Crippen LogP contribution in [0.2, 0.25) is 5.02 Å². The molecule has 0 radical (unpaired) electrons. The predicted molar refractivity (Wildman–Crippen MR) is 69.4 cm³/mol. The highest BCUT2D eigenvalue weighted by Crippen LogP contribution is 2.18. The normalized spacial score (nSPS) is 12.0. The predicted octanol–water partition coefficient (Wildman–Crippen LogP) is 2.04. The Bertz CT molecular complexity index is 395. The Labute approximate surface area is 110 Å². The van der Waals surface area contributed by atoms with E-state index in [2.05, 4.69) is 10.6 Å². The maximum Gasteiger partial charge on any atom is 0.242 e. The van der Waals surface area contributed by atoms with Crippen molar-refractivity contribution in [2.45, 2.75) is 13.0 Å². The smallest absolute Gasteiger partial charge is 0.242 e. The van der Waals surface area contributed by atoms with Gasteiger partial charge in [0.1, 0.15) is 11.9 Å². The van der Waals surface area contributed by atoms with Crippen LogP contribution in [0.1, 0.15) is 6.92 Å². The molecule has 0 fully saturated rings. The van der Waals surface area contributed by atoms with Gasteiger partial charge in [0.2, 0.25) is 5.91 Å². The van der Waals surface area contributed by atoms with E-state index in [1.165, 1.54) is 12.1 Å². The van der Waals surface area contributed by atoms with Crippen LogP contribution in [0.4, 0.5) is 10.1 Å². The molecule has 0 saturated heterocycles. The lowest BCUT2D eigenvalue weighted by atomic mass is 10.2. The van der Waals surface area contributed by atoms with Gasteiger partial charge in [0, 0.05) is 24.4 Å². The summed E-state index contributed by atoms with van der Waals surface area (Å²) in [6.07, 6.45) is 0. The lowest BCUT2D eigenvalue weighted by Gasteiger charge is -2.15. The van der Waals surface area contributed by atoms with E-state index < -0.39 is 11.9 Å². The van der Waals surface area contributed by atoms with Crippen molar-refractivity contribution < 1.29 is 13.9 Å². The van der Waals surface area contributed by atoms with Gasteiger partial charge in [0.15, 0.2) is 0 Å². The van der Waals surface area contributed by atoms with Gasteiger partial charge in [-0.2, -0.15) is 0 Å². The zero-order valence-corrected chi connectivity index (χ0v) is 11.1. The molecule has 2 N–H and O–H groups in total. The number of hydrogen-bond acceptors (Lipinski definition) is 3. The molecule has 6 heteroatoms. The number of anilines is 1. The van der Waals surface area contributed by atoms with E-state index in [1.807, 2.05) is 0 Å². The number of ether oxygens (including phenoxy) is 1. The highest BCUT2D eigenvalue weighted by atomic mass is 35.5. The van der Waals surface area contributed by atoms with Gasteiger partial charge in [0.25, 0.3) is 0 Å². The van der Waals surface area contributed by atoms with Crippen LogP contribution in [-0.4, -0.2) is 32.2 Å². The summed E-state index contributed by atoms with van der Waals surface area (Å²) in [6.45, 7) is 2.57. The zero-order valence-electron chi connectivity index (χ0n) is 10.3. The summed E-state index contributed by atoms with van der Waals surface area (Å²) in [5.74, 6) is -0.635. The van der Waals surface area contributed by atoms with Crippen molar-refractivity contribution in [3.63, 3.8) is 0 Å². The first-order valence-electron chi connectivity index (χ1n) is 5.52. The standard InChI is InChI=1S/C12H16ClFN2O2/c1-8(12(17)15-3-4-18-2)16-11-6-9(13)5-10(14)7-11/h5-8,16H,3-4H2,1-2H3,(H,15,17). The van der Waals surface area contributed by atoms with Crippen LogP contribution in [0.5, 0.6) is 0 Å². The molecule has 0 aromatic heterocycles. The van der Waals surface area contributed by atoms with Gasteiger partial charge >= 0.3 is 0 Å². The minimum atomic E-state index is -0.486. The highest BCUT2D eigenvalue weighted by molar-refractivity contribution is 6.30. The molecule has 0 aliphatic carbocycles. The third kappa shape index (κ3) is 4.89. The number of halogens is 2. The maximum absolute atomic E-state index is 13.1. The summed E-state index contributed by atoms with van der Waals surface area (Å²) in [7, 11) is 1.56. The van der Waals surface area contributed by atoms with Crippen molar-refractivity contribution in [1.29, 1.82) is 0 Å². The Morgan fingerprint density at radius 2 is 2.22 bits per heavy atom. The zero-order chi connectivity index (χ0) is 13.5. The number of benzene rings is 1. The Kier molecular flexibility index (Phi) is 5.88. The Morgan fingerprint density at radius 1 is 1.50 bits per heavy atom. The Morgan fingerprint density at radius 3 is 2.83 bits per heavy atom. The molecule has 100 valence electrons. The fraction of sp³-hybridized carbons (Fsp3) is 0.417. The Hall–Kier alpha value is -1.33. The summed E-state index contributed by atoms with van der Waals surface area (Å²) in [5.41, 5.74) is 0.467. The summed E-state index contributed by atoms with van der Waals surface area (Å²) >= 11 is 5.72. The van der Waals surface area contributed by atoms with Gasteiger partial charge in [-0.1, -0.05) is 11.6 Å². The van der Waals surface area contributed by atoms with Crippen molar-refractivity contribution in [3.8, 4) is 0 Å². The molecule has 0 aliphatic heterocycles. The van der Waals surface area contributed by atoms with E-state index in [-0.39, 0.29) is 10.9 Å². The summed E-state index contributed by atoms with van der Waals surface area (Å²) in [5, 5.41) is 5.83. The van der Waals surface area contributed by atoms with E-state index in [1.54, 1.807) is 20.1 Å². The average molecular weight is 275 g/mol. The number of carbonyl (C=O) groups is 1. The second-order valence-electron chi connectivity index (χ2n) is 3.81. The number of rotatable bonds is 6. The van der Waals surface area contributed by atoms with Crippen molar-refractivity contribution in [2.75, 3.05) is 25.6 Å². The van der Waals surface area contributed by atoms with Crippen LogP contribution in [0, 0.1) is 5.82 Å². The van der Waals surface area contributed by atoms with Crippen molar-refractivity contribution >= 4 is 23.2 Å². The molecule has 0 bridgehead atoms. The highest BCUT2D eigenvalue weighted by Gasteiger charge is 2.12. The molecular weight excluding hydrogens is 259 g/mol. The van der Waals surface area contributed by atoms with Crippen LogP contribution in [0.25, 0.3) is 0 Å². The maximum atomic E-state index is 13.1. The van der Waals surface area contributed by atoms with Crippen molar-refractivity contribution in [1.82, 2.24) is 5.32 Å². The molecule has 1 unspecified atom stereocenters. The lowest BCUT2D eigenvalue weighted by molar-refractivity contribution is -0.121. The average Bonchev–Trinajstić information content (AvgIpc) is 2.27.